The molecule has 1 aliphatic rings. The summed E-state index contributed by atoms with van der Waals surface area (Å²) in [5.41, 5.74) is 0.929. The Kier molecular flexibility index (Phi) is 6.24. The van der Waals surface area contributed by atoms with Crippen molar-refractivity contribution in [3.8, 4) is 0 Å². The lowest BCUT2D eigenvalue weighted by Gasteiger charge is -2.14. The molecule has 11 heteroatoms. The lowest BCUT2D eigenvalue weighted by molar-refractivity contribution is -0.384. The molecule has 0 fully saturated rings. The van der Waals surface area contributed by atoms with Gasteiger partial charge in [0, 0.05) is 30.9 Å². The van der Waals surface area contributed by atoms with Gasteiger partial charge in [-0.05, 0) is 30.2 Å². The summed E-state index contributed by atoms with van der Waals surface area (Å²) in [6, 6.07) is 9.37. The van der Waals surface area contributed by atoms with Crippen LogP contribution in [0, 0.1) is 10.1 Å². The normalized spacial score (nSPS) is 12.5. The van der Waals surface area contributed by atoms with Gasteiger partial charge in [-0.25, -0.2) is 4.79 Å². The van der Waals surface area contributed by atoms with Gasteiger partial charge >= 0.3 is 12.0 Å². The van der Waals surface area contributed by atoms with Gasteiger partial charge in [-0.2, -0.15) is 0 Å². The molecule has 4 amide bonds. The fourth-order valence-electron chi connectivity index (χ4n) is 3.09. The van der Waals surface area contributed by atoms with Crippen molar-refractivity contribution in [3.63, 3.8) is 0 Å². The van der Waals surface area contributed by atoms with Crippen molar-refractivity contribution < 1.29 is 29.2 Å². The van der Waals surface area contributed by atoms with E-state index < -0.39 is 28.7 Å². The Morgan fingerprint density at radius 1 is 1.03 bits per heavy atom. The Labute approximate surface area is 175 Å². The molecular formula is C20H18N4O7. The second kappa shape index (κ2) is 9.03. The van der Waals surface area contributed by atoms with Crippen molar-refractivity contribution in [1.82, 2.24) is 10.2 Å². The number of rotatable bonds is 8. The highest BCUT2D eigenvalue weighted by atomic mass is 16.6. The fourth-order valence-corrected chi connectivity index (χ4v) is 3.09. The van der Waals surface area contributed by atoms with Crippen LogP contribution in [-0.4, -0.2) is 51.8 Å². The van der Waals surface area contributed by atoms with Crippen LogP contribution in [0.4, 0.5) is 16.2 Å². The number of urea groups is 1. The maximum atomic E-state index is 12.4. The molecule has 0 saturated heterocycles. The predicted molar refractivity (Wildman–Crippen MR) is 108 cm³/mol. The Morgan fingerprint density at radius 2 is 1.71 bits per heavy atom. The molecule has 160 valence electrons. The highest BCUT2D eigenvalue weighted by molar-refractivity contribution is 6.21. The van der Waals surface area contributed by atoms with Crippen molar-refractivity contribution in [1.29, 1.82) is 0 Å². The van der Waals surface area contributed by atoms with E-state index in [9.17, 15) is 29.3 Å². The largest absolute Gasteiger partial charge is 0.481 e. The summed E-state index contributed by atoms with van der Waals surface area (Å²) < 4.78 is 0. The molecule has 3 rings (SSSR count). The quantitative estimate of drug-likeness (QED) is 0.252. The maximum absolute atomic E-state index is 12.4. The third-order valence-electron chi connectivity index (χ3n) is 4.58. The van der Waals surface area contributed by atoms with E-state index in [1.54, 1.807) is 24.3 Å². The number of hydrogen-bond acceptors (Lipinski definition) is 6. The second-order valence-corrected chi connectivity index (χ2v) is 6.75. The molecule has 31 heavy (non-hydrogen) atoms. The topological polar surface area (TPSA) is 159 Å². The van der Waals surface area contributed by atoms with Gasteiger partial charge in [-0.1, -0.05) is 12.1 Å². The van der Waals surface area contributed by atoms with Crippen LogP contribution in [0.3, 0.4) is 0 Å². The minimum absolute atomic E-state index is 0.00347. The standard InChI is InChI=1S/C20H18N4O7/c25-17(26)10-12-2-4-13(5-3-12)22-20(29)21-8-1-9-23-18(27)15-7-6-14(24(30)31)11-16(15)19(23)28/h2-7,11H,1,8-10H2,(H,25,26)(H2,21,22,29). The molecule has 2 aromatic rings. The van der Waals surface area contributed by atoms with Crippen LogP contribution >= 0.6 is 0 Å². The van der Waals surface area contributed by atoms with Crippen molar-refractivity contribution >= 4 is 35.2 Å². The van der Waals surface area contributed by atoms with Gasteiger partial charge in [0.2, 0.25) is 0 Å². The molecule has 0 bridgehead atoms. The zero-order valence-electron chi connectivity index (χ0n) is 16.2. The monoisotopic (exact) mass is 426 g/mol. The van der Waals surface area contributed by atoms with Crippen molar-refractivity contribution in [2.75, 3.05) is 18.4 Å². The van der Waals surface area contributed by atoms with Gasteiger partial charge in [-0.15, -0.1) is 0 Å². The number of nitro benzene ring substituents is 1. The zero-order valence-corrected chi connectivity index (χ0v) is 16.2. The molecule has 2 aromatic carbocycles. The van der Waals surface area contributed by atoms with Crippen LogP contribution in [0.5, 0.6) is 0 Å². The van der Waals surface area contributed by atoms with Crippen LogP contribution in [-0.2, 0) is 11.2 Å². The molecule has 3 N–H and O–H groups in total. The number of fused-ring (bicyclic) bond motifs is 1. The van der Waals surface area contributed by atoms with E-state index >= 15 is 0 Å². The second-order valence-electron chi connectivity index (χ2n) is 6.75. The molecule has 0 aromatic heterocycles. The van der Waals surface area contributed by atoms with E-state index in [0.717, 1.165) is 11.0 Å². The lowest BCUT2D eigenvalue weighted by atomic mass is 10.1. The smallest absolute Gasteiger partial charge is 0.319 e. The number of nitrogens with zero attached hydrogens (tertiary/aromatic N) is 2. The van der Waals surface area contributed by atoms with Gasteiger partial charge in [0.25, 0.3) is 17.5 Å². The summed E-state index contributed by atoms with van der Waals surface area (Å²) in [5, 5.41) is 24.8. The van der Waals surface area contributed by atoms with Crippen LogP contribution in [0.25, 0.3) is 0 Å². The number of anilines is 1. The van der Waals surface area contributed by atoms with E-state index in [-0.39, 0.29) is 36.3 Å². The molecule has 1 heterocycles. The summed E-state index contributed by atoms with van der Waals surface area (Å²) >= 11 is 0. The van der Waals surface area contributed by atoms with E-state index in [4.69, 9.17) is 5.11 Å². The van der Waals surface area contributed by atoms with E-state index in [0.29, 0.717) is 17.7 Å². The van der Waals surface area contributed by atoms with Gasteiger partial charge in [0.05, 0.1) is 22.5 Å². The molecule has 0 saturated carbocycles. The lowest BCUT2D eigenvalue weighted by Crippen LogP contribution is -2.35. The Bertz CT molecular complexity index is 1070. The third-order valence-corrected chi connectivity index (χ3v) is 4.58. The number of nitrogens with one attached hydrogen (secondary N) is 2. The minimum atomic E-state index is -0.949. The molecule has 0 spiro atoms. The first-order chi connectivity index (χ1) is 14.8. The highest BCUT2D eigenvalue weighted by Gasteiger charge is 2.36. The summed E-state index contributed by atoms with van der Waals surface area (Å²) in [6.45, 7) is 0.223. The third kappa shape index (κ3) is 5.01. The highest BCUT2D eigenvalue weighted by Crippen LogP contribution is 2.26. The van der Waals surface area contributed by atoms with Gasteiger partial charge in [0.1, 0.15) is 0 Å². The first-order valence-electron chi connectivity index (χ1n) is 9.26. The molecule has 0 atom stereocenters. The number of carboxylic acid groups (broad SMARTS) is 1. The van der Waals surface area contributed by atoms with Crippen LogP contribution in [0.15, 0.2) is 42.5 Å². The molecule has 11 nitrogen and oxygen atoms in total. The van der Waals surface area contributed by atoms with Gasteiger partial charge in [0.15, 0.2) is 0 Å². The predicted octanol–water partition coefficient (Wildman–Crippen LogP) is 2.03. The molecule has 0 aliphatic carbocycles. The number of carbonyl (C=O) groups is 4. The van der Waals surface area contributed by atoms with E-state index in [2.05, 4.69) is 10.6 Å². The van der Waals surface area contributed by atoms with Crippen LogP contribution in [0.1, 0.15) is 32.7 Å². The Morgan fingerprint density at radius 3 is 2.35 bits per heavy atom. The number of nitro groups is 1. The molecule has 0 radical (unpaired) electrons. The fraction of sp³-hybridized carbons (Fsp3) is 0.200. The van der Waals surface area contributed by atoms with Crippen molar-refractivity contribution in [2.45, 2.75) is 12.8 Å². The molecule has 1 aliphatic heterocycles. The average Bonchev–Trinajstić information content (AvgIpc) is 2.96. The average molecular weight is 426 g/mol. The summed E-state index contributed by atoms with van der Waals surface area (Å²) in [5.74, 6) is -2.08. The number of carbonyl (C=O) groups excluding carboxylic acids is 3. The first kappa shape index (κ1) is 21.4. The van der Waals surface area contributed by atoms with E-state index in [1.807, 2.05) is 0 Å². The molecular weight excluding hydrogens is 408 g/mol. The number of imide groups is 1. The summed E-state index contributed by atoms with van der Waals surface area (Å²) in [4.78, 5) is 58.6. The van der Waals surface area contributed by atoms with Gasteiger partial charge < -0.3 is 15.7 Å². The van der Waals surface area contributed by atoms with E-state index in [1.165, 1.54) is 12.1 Å². The molecule has 0 unspecified atom stereocenters. The van der Waals surface area contributed by atoms with Crippen molar-refractivity contribution in [3.05, 3.63) is 69.3 Å². The summed E-state index contributed by atoms with van der Waals surface area (Å²) in [6.07, 6.45) is 0.177. The number of aliphatic carboxylic acids is 1. The maximum Gasteiger partial charge on any atom is 0.319 e. The van der Waals surface area contributed by atoms with Crippen LogP contribution in [0.2, 0.25) is 0 Å². The van der Waals surface area contributed by atoms with Crippen LogP contribution < -0.4 is 10.6 Å². The Balaban J connectivity index is 1.46. The number of non-ortho nitro benzene ring substituents is 1. The SMILES string of the molecule is O=C(O)Cc1ccc(NC(=O)NCCCN2C(=O)c3ccc([N+](=O)[O-])cc3C2=O)cc1. The number of carboxylic acids is 1. The first-order valence-corrected chi connectivity index (χ1v) is 9.26. The Hall–Kier alpha value is -4.28. The number of amides is 4. The summed E-state index contributed by atoms with van der Waals surface area (Å²) in [7, 11) is 0. The van der Waals surface area contributed by atoms with Gasteiger partial charge in [-0.3, -0.25) is 29.4 Å². The minimum Gasteiger partial charge on any atom is -0.481 e. The number of hydrogen-bond donors (Lipinski definition) is 3. The van der Waals surface area contributed by atoms with Crippen molar-refractivity contribution in [2.24, 2.45) is 0 Å². The zero-order chi connectivity index (χ0) is 22.5. The number of benzene rings is 2.